The van der Waals surface area contributed by atoms with E-state index in [-0.39, 0.29) is 27.3 Å². The number of carbonyl (C=O) groups excluding carboxylic acids is 1. The number of rotatable bonds is 4. The fourth-order valence-electron chi connectivity index (χ4n) is 2.58. The maximum absolute atomic E-state index is 12.3. The Kier molecular flexibility index (Phi) is 6.40. The average Bonchev–Trinajstić information content (AvgIpc) is 2.76. The number of nitriles is 1. The van der Waals surface area contributed by atoms with Gasteiger partial charge in [0, 0.05) is 16.7 Å². The zero-order valence-corrected chi connectivity index (χ0v) is 18.3. The number of phenolic OH excluding ortho intramolecular Hbond substituents is 3. The van der Waals surface area contributed by atoms with Gasteiger partial charge in [0.2, 0.25) is 0 Å². The highest BCUT2D eigenvalue weighted by Crippen LogP contribution is 2.40. The summed E-state index contributed by atoms with van der Waals surface area (Å²) in [6, 6.07) is 14.4. The first-order chi connectivity index (χ1) is 14.3. The van der Waals surface area contributed by atoms with Crippen LogP contribution in [0.2, 0.25) is 0 Å². The van der Waals surface area contributed by atoms with E-state index in [2.05, 4.69) is 42.4 Å². The van der Waals surface area contributed by atoms with Gasteiger partial charge in [-0.2, -0.15) is 10.4 Å². The van der Waals surface area contributed by atoms with Gasteiger partial charge in [0.25, 0.3) is 5.91 Å². The minimum atomic E-state index is -0.482. The van der Waals surface area contributed by atoms with Gasteiger partial charge in [-0.05, 0) is 73.8 Å². The van der Waals surface area contributed by atoms with Crippen molar-refractivity contribution >= 4 is 44.0 Å². The molecule has 0 aromatic heterocycles. The number of hydrogen-bond donors (Lipinski definition) is 4. The number of benzene rings is 3. The number of hydrazone groups is 1. The zero-order chi connectivity index (χ0) is 21.8. The lowest BCUT2D eigenvalue weighted by atomic mass is 10.0. The number of aromatic hydroxyl groups is 3. The van der Waals surface area contributed by atoms with Gasteiger partial charge in [-0.3, -0.25) is 4.79 Å². The molecule has 3 aromatic rings. The molecular formula is C21H13Br2N3O4. The van der Waals surface area contributed by atoms with E-state index in [0.717, 1.165) is 0 Å². The van der Waals surface area contributed by atoms with Crippen LogP contribution in [0.5, 0.6) is 17.2 Å². The molecule has 0 aliphatic rings. The van der Waals surface area contributed by atoms with Gasteiger partial charge in [0.1, 0.15) is 21.7 Å². The van der Waals surface area contributed by atoms with Crippen molar-refractivity contribution in [2.24, 2.45) is 5.10 Å². The monoisotopic (exact) mass is 529 g/mol. The van der Waals surface area contributed by atoms with E-state index in [4.69, 9.17) is 5.26 Å². The van der Waals surface area contributed by atoms with Crippen molar-refractivity contribution in [3.05, 3.63) is 74.2 Å². The highest BCUT2D eigenvalue weighted by atomic mass is 79.9. The quantitative estimate of drug-likeness (QED) is 0.289. The largest absolute Gasteiger partial charge is 0.507 e. The van der Waals surface area contributed by atoms with Crippen LogP contribution in [0.15, 0.2) is 62.6 Å². The number of amides is 1. The molecule has 150 valence electrons. The molecule has 3 aromatic carbocycles. The number of hydrogen-bond acceptors (Lipinski definition) is 6. The molecule has 0 saturated carbocycles. The molecule has 7 nitrogen and oxygen atoms in total. The molecule has 9 heteroatoms. The second kappa shape index (κ2) is 8.98. The fraction of sp³-hybridized carbons (Fsp3) is 0. The summed E-state index contributed by atoms with van der Waals surface area (Å²) in [6.07, 6.45) is 1.24. The number of phenols is 3. The van der Waals surface area contributed by atoms with E-state index < -0.39 is 5.91 Å². The number of carbonyl (C=O) groups is 1. The Balaban J connectivity index is 1.75. The molecule has 0 atom stereocenters. The van der Waals surface area contributed by atoms with Crippen LogP contribution in [0.3, 0.4) is 0 Å². The molecule has 0 aliphatic carbocycles. The van der Waals surface area contributed by atoms with Gasteiger partial charge in [-0.15, -0.1) is 0 Å². The van der Waals surface area contributed by atoms with Gasteiger partial charge in [-0.25, -0.2) is 5.43 Å². The molecule has 3 rings (SSSR count). The predicted octanol–water partition coefficient (Wildman–Crippen LogP) is 4.63. The van der Waals surface area contributed by atoms with E-state index >= 15 is 0 Å². The van der Waals surface area contributed by atoms with Crippen LogP contribution < -0.4 is 5.43 Å². The Morgan fingerprint density at radius 1 is 1.03 bits per heavy atom. The second-order valence-corrected chi connectivity index (χ2v) is 7.73. The number of nitrogens with zero attached hydrogens (tertiary/aromatic N) is 2. The molecule has 0 aliphatic heterocycles. The van der Waals surface area contributed by atoms with Crippen LogP contribution in [0.1, 0.15) is 21.5 Å². The van der Waals surface area contributed by atoms with E-state index in [1.54, 1.807) is 30.3 Å². The molecule has 0 fully saturated rings. The summed E-state index contributed by atoms with van der Waals surface area (Å²) in [7, 11) is 0. The first-order valence-electron chi connectivity index (χ1n) is 8.38. The smallest absolute Gasteiger partial charge is 0.271 e. The van der Waals surface area contributed by atoms with E-state index in [1.165, 1.54) is 24.4 Å². The Labute approximate surface area is 188 Å². The third-order valence-corrected chi connectivity index (χ3v) is 5.51. The Bertz CT molecular complexity index is 1200. The van der Waals surface area contributed by atoms with Crippen LogP contribution in [0.4, 0.5) is 0 Å². The van der Waals surface area contributed by atoms with Crippen molar-refractivity contribution in [1.82, 2.24) is 5.43 Å². The van der Waals surface area contributed by atoms with Crippen molar-refractivity contribution in [2.75, 3.05) is 0 Å². The van der Waals surface area contributed by atoms with Crippen molar-refractivity contribution < 1.29 is 20.1 Å². The minimum absolute atomic E-state index is 0.0295. The summed E-state index contributed by atoms with van der Waals surface area (Å²) in [5, 5.41) is 42.6. The Morgan fingerprint density at radius 3 is 2.40 bits per heavy atom. The summed E-state index contributed by atoms with van der Waals surface area (Å²) in [5.74, 6) is -0.830. The molecule has 0 unspecified atom stereocenters. The standard InChI is InChI=1S/C21H13Br2N3O4/c22-16-8-14(19(28)18(23)20(16)29)10-25-26-21(30)13-4-2-12(3-5-13)15-7-11(9-24)1-6-17(15)27/h1-8,10,27-29H,(H,26,30)/b25-10+. The van der Waals surface area contributed by atoms with Crippen molar-refractivity contribution in [1.29, 1.82) is 5.26 Å². The van der Waals surface area contributed by atoms with Crippen LogP contribution in [-0.2, 0) is 0 Å². The summed E-state index contributed by atoms with van der Waals surface area (Å²) in [4.78, 5) is 12.3. The predicted molar refractivity (Wildman–Crippen MR) is 118 cm³/mol. The zero-order valence-electron chi connectivity index (χ0n) is 15.1. The van der Waals surface area contributed by atoms with E-state index in [0.29, 0.717) is 26.7 Å². The molecule has 0 bridgehead atoms. The lowest BCUT2D eigenvalue weighted by molar-refractivity contribution is 0.0955. The fourth-order valence-corrected chi connectivity index (χ4v) is 3.73. The second-order valence-electron chi connectivity index (χ2n) is 6.08. The molecule has 0 heterocycles. The molecule has 0 radical (unpaired) electrons. The molecule has 30 heavy (non-hydrogen) atoms. The highest BCUT2D eigenvalue weighted by Gasteiger charge is 2.13. The van der Waals surface area contributed by atoms with Gasteiger partial charge in [-0.1, -0.05) is 12.1 Å². The van der Waals surface area contributed by atoms with E-state index in [1.807, 2.05) is 6.07 Å². The van der Waals surface area contributed by atoms with Gasteiger partial charge >= 0.3 is 0 Å². The van der Waals surface area contributed by atoms with Crippen LogP contribution in [0.25, 0.3) is 11.1 Å². The normalized spacial score (nSPS) is 10.7. The van der Waals surface area contributed by atoms with Crippen LogP contribution in [0, 0.1) is 11.3 Å². The average molecular weight is 531 g/mol. The molecule has 4 N–H and O–H groups in total. The van der Waals surface area contributed by atoms with Gasteiger partial charge in [0.05, 0.1) is 22.3 Å². The molecule has 0 saturated heterocycles. The molecule has 1 amide bonds. The lowest BCUT2D eigenvalue weighted by Crippen LogP contribution is -2.17. The summed E-state index contributed by atoms with van der Waals surface area (Å²) in [6.45, 7) is 0. The summed E-state index contributed by atoms with van der Waals surface area (Å²) >= 11 is 6.22. The summed E-state index contributed by atoms with van der Waals surface area (Å²) in [5.41, 5.74) is 4.49. The maximum Gasteiger partial charge on any atom is 0.271 e. The van der Waals surface area contributed by atoms with Gasteiger partial charge in [0.15, 0.2) is 0 Å². The molecule has 0 spiro atoms. The first kappa shape index (κ1) is 21.4. The summed E-state index contributed by atoms with van der Waals surface area (Å²) < 4.78 is 0.447. The SMILES string of the molecule is N#Cc1ccc(O)c(-c2ccc(C(=O)N/N=C/c3cc(Br)c(O)c(Br)c3O)cc2)c1. The third kappa shape index (κ3) is 4.45. The Hall–Kier alpha value is -3.35. The minimum Gasteiger partial charge on any atom is -0.507 e. The van der Waals surface area contributed by atoms with Crippen molar-refractivity contribution in [3.63, 3.8) is 0 Å². The van der Waals surface area contributed by atoms with Crippen LogP contribution >= 0.6 is 31.9 Å². The van der Waals surface area contributed by atoms with Crippen molar-refractivity contribution in [2.45, 2.75) is 0 Å². The lowest BCUT2D eigenvalue weighted by Gasteiger charge is -2.07. The van der Waals surface area contributed by atoms with E-state index in [9.17, 15) is 20.1 Å². The van der Waals surface area contributed by atoms with Crippen molar-refractivity contribution in [3.8, 4) is 34.4 Å². The number of nitrogens with one attached hydrogen (secondary N) is 1. The van der Waals surface area contributed by atoms with Crippen LogP contribution in [-0.4, -0.2) is 27.4 Å². The first-order valence-corrected chi connectivity index (χ1v) is 9.97. The Morgan fingerprint density at radius 2 is 1.73 bits per heavy atom. The van der Waals surface area contributed by atoms with Gasteiger partial charge < -0.3 is 15.3 Å². The topological polar surface area (TPSA) is 126 Å². The molecular weight excluding hydrogens is 518 g/mol. The number of halogens is 2. The highest BCUT2D eigenvalue weighted by molar-refractivity contribution is 9.11. The third-order valence-electron chi connectivity index (χ3n) is 4.15. The maximum atomic E-state index is 12.3.